The zero-order valence-electron chi connectivity index (χ0n) is 29.5. The maximum absolute atomic E-state index is 14.4. The van der Waals surface area contributed by atoms with Gasteiger partial charge in [0.15, 0.2) is 0 Å². The van der Waals surface area contributed by atoms with Gasteiger partial charge in [0.2, 0.25) is 0 Å². The van der Waals surface area contributed by atoms with Crippen molar-refractivity contribution in [2.24, 2.45) is 5.41 Å². The molecule has 3 aliphatic rings. The number of imidazole rings is 1. The Bertz CT molecular complexity index is 2310. The average Bonchev–Trinajstić information content (AvgIpc) is 3.41. The van der Waals surface area contributed by atoms with Crippen LogP contribution < -0.4 is 15.9 Å². The van der Waals surface area contributed by atoms with E-state index in [2.05, 4.69) is 48.1 Å². The quantitative estimate of drug-likeness (QED) is 0.228. The molecule has 0 unspecified atom stereocenters. The maximum atomic E-state index is 14.4. The van der Waals surface area contributed by atoms with Crippen LogP contribution in [0.2, 0.25) is 0 Å². The minimum Gasteiger partial charge on any atom is -0.370 e. The van der Waals surface area contributed by atoms with E-state index in [4.69, 9.17) is 0 Å². The molecule has 5 heterocycles. The highest BCUT2D eigenvalue weighted by Gasteiger charge is 2.50. The van der Waals surface area contributed by atoms with E-state index in [1.807, 2.05) is 48.5 Å². The third-order valence-electron chi connectivity index (χ3n) is 10.6. The van der Waals surface area contributed by atoms with Crippen molar-refractivity contribution in [3.05, 3.63) is 128 Å². The molecule has 0 aliphatic carbocycles. The fourth-order valence-electron chi connectivity index (χ4n) is 8.09. The lowest BCUT2D eigenvalue weighted by molar-refractivity contribution is -0.138. The molecule has 5 aromatic rings. The van der Waals surface area contributed by atoms with Crippen molar-refractivity contribution in [1.82, 2.24) is 34.2 Å². The number of rotatable bonds is 7. The number of anilines is 1. The van der Waals surface area contributed by atoms with Crippen LogP contribution in [0.25, 0.3) is 16.9 Å². The van der Waals surface area contributed by atoms with Gasteiger partial charge in [-0.3, -0.25) is 18.7 Å². The second-order valence-electron chi connectivity index (χ2n) is 14.5. The molecule has 2 saturated heterocycles. The largest absolute Gasteiger partial charge is 0.417 e. The second-order valence-corrected chi connectivity index (χ2v) is 15.3. The van der Waals surface area contributed by atoms with Crippen molar-refractivity contribution >= 4 is 33.4 Å². The van der Waals surface area contributed by atoms with E-state index < -0.39 is 35.3 Å². The predicted molar refractivity (Wildman–Crippen MR) is 199 cm³/mol. The molecule has 0 bridgehead atoms. The van der Waals surface area contributed by atoms with Crippen molar-refractivity contribution in [1.29, 1.82) is 0 Å². The molecular weight excluding hydrogens is 765 g/mol. The molecule has 0 saturated carbocycles. The molecule has 2 amide bonds. The van der Waals surface area contributed by atoms with Crippen LogP contribution >= 0.6 is 15.9 Å². The molecule has 2 fully saturated rings. The lowest BCUT2D eigenvalue weighted by Gasteiger charge is -2.60. The number of amides is 2. The van der Waals surface area contributed by atoms with Crippen molar-refractivity contribution < 1.29 is 22.8 Å². The molecule has 15 heteroatoms. The van der Waals surface area contributed by atoms with Crippen LogP contribution in [0.3, 0.4) is 0 Å². The van der Waals surface area contributed by atoms with Crippen LogP contribution in [0.1, 0.15) is 44.6 Å². The Hall–Kier alpha value is -5.28. The summed E-state index contributed by atoms with van der Waals surface area (Å²) in [7, 11) is 2.11. The Kier molecular flexibility index (Phi) is 8.96. The van der Waals surface area contributed by atoms with Gasteiger partial charge in [0.1, 0.15) is 12.0 Å². The van der Waals surface area contributed by atoms with Crippen LogP contribution in [0, 0.1) is 5.41 Å². The smallest absolute Gasteiger partial charge is 0.370 e. The normalized spacial score (nSPS) is 17.9. The second kappa shape index (κ2) is 13.5. The number of carbonyl (C=O) groups is 2. The zero-order valence-corrected chi connectivity index (χ0v) is 31.1. The molecule has 1 atom stereocenters. The fourth-order valence-corrected chi connectivity index (χ4v) is 8.57. The first-order valence-corrected chi connectivity index (χ1v) is 18.3. The summed E-state index contributed by atoms with van der Waals surface area (Å²) >= 11 is 2.94. The number of hydrogen-bond acceptors (Lipinski definition) is 7. The molecule has 3 aliphatic heterocycles. The van der Waals surface area contributed by atoms with Crippen LogP contribution in [-0.2, 0) is 25.8 Å². The maximum Gasteiger partial charge on any atom is 0.417 e. The first kappa shape index (κ1) is 35.7. The Labute approximate surface area is 317 Å². The standard InChI is InChI=1S/C39H36BrF3N8O3/c1-24-17-50-33(18-49(24)36(53)25-7-12-31(40)30(15-25)39(41,42)43)34(35(52)45-16-26-5-3-4-6-29(26)32-13-14-44-23-46-32)51(37(50)54)28-10-8-27(9-11-28)48-21-38(22-48)19-47(2)20-38/h3-15,23-24H,16-22H2,1-2H3,(H,45,52)/t24-/m1/s1. The van der Waals surface area contributed by atoms with E-state index in [0.29, 0.717) is 16.8 Å². The van der Waals surface area contributed by atoms with Gasteiger partial charge in [-0.2, -0.15) is 13.2 Å². The number of nitrogens with zero attached hydrogens (tertiary/aromatic N) is 7. The highest BCUT2D eigenvalue weighted by Crippen LogP contribution is 2.41. The van der Waals surface area contributed by atoms with Gasteiger partial charge in [0, 0.05) is 78.2 Å². The van der Waals surface area contributed by atoms with E-state index in [0.717, 1.165) is 49.1 Å². The third-order valence-corrected chi connectivity index (χ3v) is 11.3. The number of benzene rings is 3. The van der Waals surface area contributed by atoms with Crippen molar-refractivity contribution in [2.45, 2.75) is 38.8 Å². The van der Waals surface area contributed by atoms with Crippen LogP contribution in [0.5, 0.6) is 0 Å². The molecule has 0 radical (unpaired) electrons. The highest BCUT2D eigenvalue weighted by molar-refractivity contribution is 9.10. The SMILES string of the molecule is C[C@@H]1Cn2c(c(C(=O)NCc3ccccc3-c3ccncn3)n(-c3ccc(N4CC5(CN(C)C5)C4)cc3)c2=O)CN1C(=O)c1ccc(Br)c(C(F)(F)F)c1. The summed E-state index contributed by atoms with van der Waals surface area (Å²) in [6.07, 6.45) is -1.61. The lowest BCUT2D eigenvalue weighted by Crippen LogP contribution is -2.71. The molecule has 54 heavy (non-hydrogen) atoms. The number of likely N-dealkylation sites (tertiary alicyclic amines) is 1. The van der Waals surface area contributed by atoms with Gasteiger partial charge in [0.25, 0.3) is 11.8 Å². The van der Waals surface area contributed by atoms with E-state index in [1.165, 1.54) is 32.5 Å². The molecule has 2 aromatic heterocycles. The number of aromatic nitrogens is 4. The highest BCUT2D eigenvalue weighted by atomic mass is 79.9. The summed E-state index contributed by atoms with van der Waals surface area (Å²) < 4.78 is 44.0. The minimum atomic E-state index is -4.68. The fraction of sp³-hybridized carbons (Fsp3) is 0.308. The predicted octanol–water partition coefficient (Wildman–Crippen LogP) is 5.60. The molecule has 3 aromatic carbocycles. The van der Waals surface area contributed by atoms with Gasteiger partial charge in [-0.1, -0.05) is 40.2 Å². The number of alkyl halides is 3. The van der Waals surface area contributed by atoms with Crippen molar-refractivity contribution in [2.75, 3.05) is 38.1 Å². The summed E-state index contributed by atoms with van der Waals surface area (Å²) in [6.45, 7) is 5.72. The summed E-state index contributed by atoms with van der Waals surface area (Å²) in [6, 6.07) is 19.5. The van der Waals surface area contributed by atoms with Gasteiger partial charge in [-0.25, -0.2) is 14.8 Å². The van der Waals surface area contributed by atoms with E-state index in [1.54, 1.807) is 19.2 Å². The Balaban J connectivity index is 1.14. The van der Waals surface area contributed by atoms with Crippen LogP contribution in [-0.4, -0.2) is 80.0 Å². The molecule has 1 N–H and O–H groups in total. The molecule has 278 valence electrons. The average molecular weight is 802 g/mol. The first-order valence-electron chi connectivity index (χ1n) is 17.5. The molecule has 8 rings (SSSR count). The topological polar surface area (TPSA) is 109 Å². The van der Waals surface area contributed by atoms with Crippen LogP contribution in [0.15, 0.2) is 94.6 Å². The Morgan fingerprint density at radius 2 is 1.70 bits per heavy atom. The zero-order chi connectivity index (χ0) is 37.9. The minimum absolute atomic E-state index is 0.0365. The first-order chi connectivity index (χ1) is 25.8. The lowest BCUT2D eigenvalue weighted by atomic mass is 9.73. The van der Waals surface area contributed by atoms with Gasteiger partial charge < -0.3 is 20.0 Å². The Morgan fingerprint density at radius 1 is 0.981 bits per heavy atom. The summed E-state index contributed by atoms with van der Waals surface area (Å²) in [5.41, 5.74) is 2.82. The summed E-state index contributed by atoms with van der Waals surface area (Å²) in [5, 5.41) is 2.99. The molecule has 11 nitrogen and oxygen atoms in total. The number of hydrogen-bond donors (Lipinski definition) is 1. The molecule has 1 spiro atoms. The summed E-state index contributed by atoms with van der Waals surface area (Å²) in [5.74, 6) is -1.20. The van der Waals surface area contributed by atoms with Crippen molar-refractivity contribution in [3.63, 3.8) is 0 Å². The monoisotopic (exact) mass is 800 g/mol. The van der Waals surface area contributed by atoms with E-state index in [9.17, 15) is 27.6 Å². The van der Waals surface area contributed by atoms with E-state index >= 15 is 0 Å². The van der Waals surface area contributed by atoms with Gasteiger partial charge in [0.05, 0.1) is 29.2 Å². The van der Waals surface area contributed by atoms with Gasteiger partial charge in [-0.05, 0) is 68.1 Å². The molecular formula is C39H36BrF3N8O3. The Morgan fingerprint density at radius 3 is 2.39 bits per heavy atom. The summed E-state index contributed by atoms with van der Waals surface area (Å²) in [4.78, 5) is 56.9. The number of fused-ring (bicyclic) bond motifs is 1. The van der Waals surface area contributed by atoms with Gasteiger partial charge in [-0.15, -0.1) is 0 Å². The third kappa shape index (κ3) is 6.38. The number of nitrogens with one attached hydrogen (secondary N) is 1. The number of halogens is 4. The van der Waals surface area contributed by atoms with E-state index in [-0.39, 0.29) is 41.1 Å². The number of carbonyl (C=O) groups excluding carboxylic acids is 2. The van der Waals surface area contributed by atoms with Crippen molar-refractivity contribution in [3.8, 4) is 16.9 Å². The van der Waals surface area contributed by atoms with Gasteiger partial charge >= 0.3 is 11.9 Å². The van der Waals surface area contributed by atoms with Crippen LogP contribution in [0.4, 0.5) is 18.9 Å².